The molecule has 0 fully saturated rings. The second kappa shape index (κ2) is 7.00. The van der Waals surface area contributed by atoms with Gasteiger partial charge in [0, 0.05) is 16.6 Å². The van der Waals surface area contributed by atoms with E-state index in [1.807, 2.05) is 24.3 Å². The summed E-state index contributed by atoms with van der Waals surface area (Å²) in [5.41, 5.74) is 2.39. The van der Waals surface area contributed by atoms with Crippen LogP contribution in [0.4, 0.5) is 4.39 Å². The molecule has 0 radical (unpaired) electrons. The molecule has 1 nitrogen and oxygen atoms in total. The highest BCUT2D eigenvalue weighted by molar-refractivity contribution is 9.10. The van der Waals surface area contributed by atoms with Crippen LogP contribution in [0.15, 0.2) is 53.0 Å². The lowest BCUT2D eigenvalue weighted by Crippen LogP contribution is -2.30. The van der Waals surface area contributed by atoms with Crippen molar-refractivity contribution < 1.29 is 4.39 Å². The molecule has 0 saturated carbocycles. The van der Waals surface area contributed by atoms with Gasteiger partial charge in [-0.1, -0.05) is 46.3 Å². The van der Waals surface area contributed by atoms with Gasteiger partial charge in [0.15, 0.2) is 0 Å². The molecule has 3 heteroatoms. The summed E-state index contributed by atoms with van der Waals surface area (Å²) in [4.78, 5) is 0. The average molecular weight is 336 g/mol. The highest BCUT2D eigenvalue weighted by Gasteiger charge is 2.12. The SMILES string of the molecule is CC(Cc1ccc(F)cc1)N[C@H](C)c1ccccc1Br. The molecule has 0 aliphatic rings. The van der Waals surface area contributed by atoms with E-state index in [4.69, 9.17) is 0 Å². The number of nitrogens with one attached hydrogen (secondary N) is 1. The molecule has 1 N–H and O–H groups in total. The molecule has 20 heavy (non-hydrogen) atoms. The van der Waals surface area contributed by atoms with Crippen molar-refractivity contribution in [3.63, 3.8) is 0 Å². The van der Waals surface area contributed by atoms with Crippen molar-refractivity contribution in [2.45, 2.75) is 32.4 Å². The largest absolute Gasteiger partial charge is 0.307 e. The molecule has 2 rings (SSSR count). The van der Waals surface area contributed by atoms with Crippen LogP contribution in [0.25, 0.3) is 0 Å². The first kappa shape index (κ1) is 15.2. The van der Waals surface area contributed by atoms with Gasteiger partial charge in [0.2, 0.25) is 0 Å². The molecule has 0 saturated heterocycles. The Bertz CT molecular complexity index is 553. The van der Waals surface area contributed by atoms with Crippen LogP contribution in [-0.4, -0.2) is 6.04 Å². The Balaban J connectivity index is 1.96. The zero-order valence-electron chi connectivity index (χ0n) is 11.7. The minimum atomic E-state index is -0.184. The maximum absolute atomic E-state index is 12.9. The average Bonchev–Trinajstić information content (AvgIpc) is 2.41. The van der Waals surface area contributed by atoms with E-state index in [0.29, 0.717) is 6.04 Å². The molecule has 0 heterocycles. The summed E-state index contributed by atoms with van der Waals surface area (Å²) in [5, 5.41) is 3.58. The minimum absolute atomic E-state index is 0.184. The number of halogens is 2. The molecule has 0 aromatic heterocycles. The zero-order chi connectivity index (χ0) is 14.5. The fourth-order valence-corrected chi connectivity index (χ4v) is 3.00. The lowest BCUT2D eigenvalue weighted by molar-refractivity contribution is 0.476. The van der Waals surface area contributed by atoms with Crippen molar-refractivity contribution in [3.8, 4) is 0 Å². The third-order valence-corrected chi connectivity index (χ3v) is 4.08. The van der Waals surface area contributed by atoms with Gasteiger partial charge in [0.1, 0.15) is 5.82 Å². The second-order valence-corrected chi connectivity index (χ2v) is 6.00. The molecule has 0 bridgehead atoms. The van der Waals surface area contributed by atoms with Crippen LogP contribution in [-0.2, 0) is 6.42 Å². The maximum Gasteiger partial charge on any atom is 0.123 e. The van der Waals surface area contributed by atoms with Gasteiger partial charge in [-0.05, 0) is 49.6 Å². The Morgan fingerprint density at radius 3 is 2.35 bits per heavy atom. The Kier molecular flexibility index (Phi) is 5.32. The number of rotatable bonds is 5. The van der Waals surface area contributed by atoms with Crippen LogP contribution >= 0.6 is 15.9 Å². The third kappa shape index (κ3) is 4.15. The van der Waals surface area contributed by atoms with E-state index in [1.54, 1.807) is 0 Å². The van der Waals surface area contributed by atoms with E-state index >= 15 is 0 Å². The lowest BCUT2D eigenvalue weighted by Gasteiger charge is -2.21. The summed E-state index contributed by atoms with van der Waals surface area (Å²) < 4.78 is 14.0. The van der Waals surface area contributed by atoms with E-state index in [2.05, 4.69) is 47.2 Å². The van der Waals surface area contributed by atoms with Crippen molar-refractivity contribution in [3.05, 3.63) is 69.9 Å². The van der Waals surface area contributed by atoms with Crippen LogP contribution in [0.2, 0.25) is 0 Å². The molecule has 106 valence electrons. The van der Waals surface area contributed by atoms with Crippen molar-refractivity contribution in [2.24, 2.45) is 0 Å². The molecule has 1 unspecified atom stereocenters. The van der Waals surface area contributed by atoms with Crippen molar-refractivity contribution in [2.75, 3.05) is 0 Å². The third-order valence-electron chi connectivity index (χ3n) is 3.36. The smallest absolute Gasteiger partial charge is 0.123 e. The van der Waals surface area contributed by atoms with Crippen LogP contribution < -0.4 is 5.32 Å². The second-order valence-electron chi connectivity index (χ2n) is 5.14. The molecule has 2 aromatic rings. The predicted molar refractivity (Wildman–Crippen MR) is 85.3 cm³/mol. The van der Waals surface area contributed by atoms with Gasteiger partial charge in [0.05, 0.1) is 0 Å². The van der Waals surface area contributed by atoms with Crippen molar-refractivity contribution in [1.82, 2.24) is 5.32 Å². The van der Waals surface area contributed by atoms with Gasteiger partial charge in [-0.25, -0.2) is 4.39 Å². The standard InChI is InChI=1S/C17H19BrFN/c1-12(11-14-7-9-15(19)10-8-14)20-13(2)16-5-3-4-6-17(16)18/h3-10,12-13,20H,11H2,1-2H3/t12?,13-/m1/s1. The van der Waals surface area contributed by atoms with Crippen molar-refractivity contribution >= 4 is 15.9 Å². The molecule has 2 atom stereocenters. The normalized spacial score (nSPS) is 14.0. The first-order valence-corrected chi connectivity index (χ1v) is 7.60. The number of benzene rings is 2. The van der Waals surface area contributed by atoms with E-state index in [-0.39, 0.29) is 11.9 Å². The van der Waals surface area contributed by atoms with Crippen LogP contribution in [0.5, 0.6) is 0 Å². The quantitative estimate of drug-likeness (QED) is 0.821. The molecule has 0 aliphatic heterocycles. The molecule has 2 aromatic carbocycles. The molecule has 0 amide bonds. The number of hydrogen-bond donors (Lipinski definition) is 1. The van der Waals surface area contributed by atoms with Crippen LogP contribution in [0.3, 0.4) is 0 Å². The fourth-order valence-electron chi connectivity index (χ4n) is 2.38. The van der Waals surface area contributed by atoms with Gasteiger partial charge in [0.25, 0.3) is 0 Å². The van der Waals surface area contributed by atoms with Crippen LogP contribution in [0, 0.1) is 5.82 Å². The summed E-state index contributed by atoms with van der Waals surface area (Å²) in [7, 11) is 0. The zero-order valence-corrected chi connectivity index (χ0v) is 13.3. The summed E-state index contributed by atoms with van der Waals surface area (Å²) in [6.07, 6.45) is 0.884. The van der Waals surface area contributed by atoms with Crippen molar-refractivity contribution in [1.29, 1.82) is 0 Å². The van der Waals surface area contributed by atoms with Gasteiger partial charge in [-0.3, -0.25) is 0 Å². The monoisotopic (exact) mass is 335 g/mol. The summed E-state index contributed by atoms with van der Waals surface area (Å²) >= 11 is 3.58. The number of hydrogen-bond acceptors (Lipinski definition) is 1. The van der Waals surface area contributed by atoms with Crippen LogP contribution in [0.1, 0.15) is 31.0 Å². The lowest BCUT2D eigenvalue weighted by atomic mass is 10.0. The van der Waals surface area contributed by atoms with E-state index in [0.717, 1.165) is 16.5 Å². The van der Waals surface area contributed by atoms with Gasteiger partial charge in [-0.2, -0.15) is 0 Å². The Morgan fingerprint density at radius 2 is 1.70 bits per heavy atom. The van der Waals surface area contributed by atoms with Gasteiger partial charge in [-0.15, -0.1) is 0 Å². The summed E-state index contributed by atoms with van der Waals surface area (Å²) in [6, 6.07) is 15.5. The Labute approximate surface area is 128 Å². The first-order chi connectivity index (χ1) is 9.56. The molecular weight excluding hydrogens is 317 g/mol. The first-order valence-electron chi connectivity index (χ1n) is 6.81. The fraction of sp³-hybridized carbons (Fsp3) is 0.294. The summed E-state index contributed by atoms with van der Waals surface area (Å²) in [6.45, 7) is 4.30. The predicted octanol–water partition coefficient (Wildman–Crippen LogP) is 4.87. The molecule has 0 aliphatic carbocycles. The topological polar surface area (TPSA) is 12.0 Å². The minimum Gasteiger partial charge on any atom is -0.307 e. The van der Waals surface area contributed by atoms with Gasteiger partial charge < -0.3 is 5.32 Å². The van der Waals surface area contributed by atoms with E-state index < -0.39 is 0 Å². The Hall–Kier alpha value is -1.19. The highest BCUT2D eigenvalue weighted by Crippen LogP contribution is 2.23. The molecular formula is C17H19BrFN. The molecule has 0 spiro atoms. The Morgan fingerprint density at radius 1 is 1.05 bits per heavy atom. The maximum atomic E-state index is 12.9. The summed E-state index contributed by atoms with van der Waals surface area (Å²) in [5.74, 6) is -0.184. The van der Waals surface area contributed by atoms with Gasteiger partial charge >= 0.3 is 0 Å². The van der Waals surface area contributed by atoms with E-state index in [9.17, 15) is 4.39 Å². The highest BCUT2D eigenvalue weighted by atomic mass is 79.9. The van der Waals surface area contributed by atoms with E-state index in [1.165, 1.54) is 17.7 Å².